The minimum absolute atomic E-state index is 0.00453. The van der Waals surface area contributed by atoms with Gasteiger partial charge in [0.1, 0.15) is 11.9 Å². The third kappa shape index (κ3) is 5.43. The highest BCUT2D eigenvalue weighted by Crippen LogP contribution is 2.32. The van der Waals surface area contributed by atoms with E-state index >= 15 is 4.39 Å². The van der Waals surface area contributed by atoms with Gasteiger partial charge in [-0.2, -0.15) is 0 Å². The summed E-state index contributed by atoms with van der Waals surface area (Å²) in [4.78, 5) is 19.1. The first-order chi connectivity index (χ1) is 17.0. The number of halogens is 1. The van der Waals surface area contributed by atoms with Crippen molar-refractivity contribution in [2.45, 2.75) is 36.2 Å². The number of piperidine rings is 1. The van der Waals surface area contributed by atoms with Crippen molar-refractivity contribution in [3.63, 3.8) is 0 Å². The summed E-state index contributed by atoms with van der Waals surface area (Å²) < 4.78 is 20.3. The molecule has 2 aromatic carbocycles. The Balaban J connectivity index is 1.17. The van der Waals surface area contributed by atoms with Gasteiger partial charge in [0, 0.05) is 36.0 Å². The molecular formula is C26H29FN4O3S. The lowest BCUT2D eigenvalue weighted by molar-refractivity contribution is -0.113. The van der Waals surface area contributed by atoms with Gasteiger partial charge in [-0.15, -0.1) is 11.8 Å². The van der Waals surface area contributed by atoms with Crippen LogP contribution in [0, 0.1) is 0 Å². The summed E-state index contributed by atoms with van der Waals surface area (Å²) in [5.41, 5.74) is 3.39. The number of alkyl halides is 1. The molecule has 7 nitrogen and oxygen atoms in total. The number of aliphatic hydroxyl groups excluding tert-OH is 1. The molecule has 2 aliphatic rings. The number of amides is 1. The van der Waals surface area contributed by atoms with E-state index in [9.17, 15) is 9.90 Å². The summed E-state index contributed by atoms with van der Waals surface area (Å²) in [6, 6.07) is 13.3. The fraction of sp³-hybridized carbons (Fsp3) is 0.385. The third-order valence-electron chi connectivity index (χ3n) is 6.63. The number of hydrogen-bond acceptors (Lipinski definition) is 7. The number of likely N-dealkylation sites (tertiary alicyclic amines) is 1. The number of nitrogens with zero attached hydrogens (tertiary/aromatic N) is 2. The van der Waals surface area contributed by atoms with Crippen molar-refractivity contribution in [2.75, 3.05) is 37.8 Å². The zero-order valence-electron chi connectivity index (χ0n) is 19.5. The van der Waals surface area contributed by atoms with E-state index < -0.39 is 12.3 Å². The molecule has 184 valence electrons. The number of carbonyl (C=O) groups is 1. The van der Waals surface area contributed by atoms with Crippen molar-refractivity contribution in [3.8, 4) is 5.75 Å². The summed E-state index contributed by atoms with van der Waals surface area (Å²) in [7, 11) is 1.59. The number of hydrogen-bond donors (Lipinski definition) is 3. The number of pyridine rings is 1. The first-order valence-electron chi connectivity index (χ1n) is 11.8. The topological polar surface area (TPSA) is 86.7 Å². The number of carbonyl (C=O) groups excluding carboxylic acids is 1. The Bertz CT molecular complexity index is 1230. The van der Waals surface area contributed by atoms with Crippen LogP contribution >= 0.6 is 11.8 Å². The van der Waals surface area contributed by atoms with Crippen molar-refractivity contribution in [2.24, 2.45) is 0 Å². The molecule has 3 aromatic rings. The van der Waals surface area contributed by atoms with Crippen LogP contribution in [0.2, 0.25) is 0 Å². The van der Waals surface area contributed by atoms with E-state index in [-0.39, 0.29) is 18.5 Å². The summed E-state index contributed by atoms with van der Waals surface area (Å²) >= 11 is 1.53. The molecule has 35 heavy (non-hydrogen) atoms. The maximum absolute atomic E-state index is 15.1. The van der Waals surface area contributed by atoms with E-state index in [0.29, 0.717) is 37.6 Å². The van der Waals surface area contributed by atoms with Crippen molar-refractivity contribution in [1.82, 2.24) is 15.2 Å². The lowest BCUT2D eigenvalue weighted by Gasteiger charge is -2.36. The van der Waals surface area contributed by atoms with Gasteiger partial charge in [-0.05, 0) is 48.4 Å². The number of β-amino-alcohol motifs (C(OH)–C–C–N with tert-alkyl or cyclic N) is 1. The number of methoxy groups -OCH3 is 1. The zero-order chi connectivity index (χ0) is 24.4. The SMILES string of the molecule is COc1cnc2cccc(C(O)CN3CCC(NCc4ccc5c(c4)NC(=O)CS5)C(F)C3)c2c1. The number of nitrogens with one attached hydrogen (secondary N) is 2. The molecule has 3 atom stereocenters. The molecule has 0 spiro atoms. The highest BCUT2D eigenvalue weighted by molar-refractivity contribution is 8.00. The summed E-state index contributed by atoms with van der Waals surface area (Å²) in [5, 5.41) is 18.1. The van der Waals surface area contributed by atoms with Gasteiger partial charge in [-0.25, -0.2) is 4.39 Å². The predicted molar refractivity (Wildman–Crippen MR) is 136 cm³/mol. The Hall–Kier alpha value is -2.72. The number of aliphatic hydroxyl groups is 1. The van der Waals surface area contributed by atoms with E-state index in [1.165, 1.54) is 11.8 Å². The Morgan fingerprint density at radius 2 is 2.23 bits per heavy atom. The molecule has 1 amide bonds. The van der Waals surface area contributed by atoms with Crippen molar-refractivity contribution < 1.29 is 19.0 Å². The smallest absolute Gasteiger partial charge is 0.234 e. The van der Waals surface area contributed by atoms with Crippen molar-refractivity contribution >= 4 is 34.3 Å². The van der Waals surface area contributed by atoms with Gasteiger partial charge >= 0.3 is 0 Å². The van der Waals surface area contributed by atoms with Crippen LogP contribution in [0.5, 0.6) is 5.75 Å². The predicted octanol–water partition coefficient (Wildman–Crippen LogP) is 3.52. The highest BCUT2D eigenvalue weighted by Gasteiger charge is 2.30. The first kappa shape index (κ1) is 24.0. The summed E-state index contributed by atoms with van der Waals surface area (Å²) in [5.74, 6) is 1.07. The average Bonchev–Trinajstić information content (AvgIpc) is 2.87. The maximum Gasteiger partial charge on any atom is 0.234 e. The minimum atomic E-state index is -1.04. The number of benzene rings is 2. The minimum Gasteiger partial charge on any atom is -0.495 e. The van der Waals surface area contributed by atoms with E-state index in [1.54, 1.807) is 13.3 Å². The molecular weight excluding hydrogens is 467 g/mol. The molecule has 1 saturated heterocycles. The summed E-state index contributed by atoms with van der Waals surface area (Å²) in [6.45, 7) is 1.84. The first-order valence-corrected chi connectivity index (χ1v) is 12.7. The fourth-order valence-corrected chi connectivity index (χ4v) is 5.54. The molecule has 0 aliphatic carbocycles. The molecule has 5 rings (SSSR count). The lowest BCUT2D eigenvalue weighted by Crippen LogP contribution is -2.51. The lowest BCUT2D eigenvalue weighted by atomic mass is 9.99. The number of ether oxygens (including phenoxy) is 1. The molecule has 0 radical (unpaired) electrons. The van der Waals surface area contributed by atoms with Gasteiger partial charge in [-0.1, -0.05) is 18.2 Å². The van der Waals surface area contributed by atoms with Crippen LogP contribution in [-0.4, -0.2) is 65.6 Å². The normalized spacial score (nSPS) is 21.4. The number of rotatable bonds is 7. The molecule has 0 saturated carbocycles. The van der Waals surface area contributed by atoms with Crippen LogP contribution in [-0.2, 0) is 11.3 Å². The van der Waals surface area contributed by atoms with Gasteiger partial charge < -0.3 is 20.5 Å². The highest BCUT2D eigenvalue weighted by atomic mass is 32.2. The Labute approximate surface area is 208 Å². The quantitative estimate of drug-likeness (QED) is 0.461. The van der Waals surface area contributed by atoms with Crippen LogP contribution in [0.15, 0.2) is 53.6 Å². The summed E-state index contributed by atoms with van der Waals surface area (Å²) in [6.07, 6.45) is 0.505. The van der Waals surface area contributed by atoms with E-state index in [2.05, 4.69) is 15.6 Å². The van der Waals surface area contributed by atoms with Gasteiger partial charge in [0.2, 0.25) is 5.91 Å². The molecule has 1 aromatic heterocycles. The van der Waals surface area contributed by atoms with Crippen LogP contribution in [0.25, 0.3) is 10.9 Å². The van der Waals surface area contributed by atoms with Crippen LogP contribution in [0.1, 0.15) is 23.7 Å². The Morgan fingerprint density at radius 3 is 3.06 bits per heavy atom. The van der Waals surface area contributed by atoms with E-state index in [0.717, 1.165) is 32.6 Å². The van der Waals surface area contributed by atoms with E-state index in [1.807, 2.05) is 47.4 Å². The van der Waals surface area contributed by atoms with Crippen LogP contribution in [0.4, 0.5) is 10.1 Å². The Kier molecular flexibility index (Phi) is 7.19. The average molecular weight is 497 g/mol. The second kappa shape index (κ2) is 10.5. The van der Waals surface area contributed by atoms with Gasteiger partial charge in [0.25, 0.3) is 0 Å². The third-order valence-corrected chi connectivity index (χ3v) is 7.70. The number of thioether (sulfide) groups is 1. The molecule has 3 heterocycles. The maximum atomic E-state index is 15.1. The van der Waals surface area contributed by atoms with Crippen LogP contribution < -0.4 is 15.4 Å². The fourth-order valence-electron chi connectivity index (χ4n) is 4.75. The van der Waals surface area contributed by atoms with Crippen LogP contribution in [0.3, 0.4) is 0 Å². The van der Waals surface area contributed by atoms with Gasteiger partial charge in [-0.3, -0.25) is 14.7 Å². The number of anilines is 1. The molecule has 3 N–H and O–H groups in total. The second-order valence-corrected chi connectivity index (χ2v) is 10.0. The van der Waals surface area contributed by atoms with Gasteiger partial charge in [0.15, 0.2) is 0 Å². The molecule has 1 fully saturated rings. The zero-order valence-corrected chi connectivity index (χ0v) is 20.4. The monoisotopic (exact) mass is 496 g/mol. The van der Waals surface area contributed by atoms with Crippen molar-refractivity contribution in [3.05, 3.63) is 59.8 Å². The van der Waals surface area contributed by atoms with Crippen molar-refractivity contribution in [1.29, 1.82) is 0 Å². The van der Waals surface area contributed by atoms with E-state index in [4.69, 9.17) is 4.74 Å². The van der Waals surface area contributed by atoms with Gasteiger partial charge in [0.05, 0.1) is 36.4 Å². The number of aromatic nitrogens is 1. The second-order valence-electron chi connectivity index (χ2n) is 9.02. The number of fused-ring (bicyclic) bond motifs is 2. The molecule has 9 heteroatoms. The molecule has 0 bridgehead atoms. The molecule has 3 unspecified atom stereocenters. The Morgan fingerprint density at radius 1 is 1.34 bits per heavy atom. The largest absolute Gasteiger partial charge is 0.495 e. The molecule has 2 aliphatic heterocycles. The standard InChI is InChI=1S/C26H29FN4O3S/c1-34-17-10-19-18(3-2-4-21(19)29-12-17)24(32)14-31-8-7-22(20(27)13-31)28-11-16-5-6-25-23(9-16)30-26(33)15-35-25/h2-6,9-10,12,20,22,24,28,32H,7-8,11,13-15H2,1H3,(H,30,33).